The van der Waals surface area contributed by atoms with Crippen molar-refractivity contribution in [3.05, 3.63) is 11.4 Å². The third-order valence-corrected chi connectivity index (χ3v) is 3.87. The summed E-state index contributed by atoms with van der Waals surface area (Å²) in [5.74, 6) is 7.64. The molecule has 0 aromatic carbocycles. The number of hydrazine groups is 1. The fourth-order valence-electron chi connectivity index (χ4n) is 1.70. The first kappa shape index (κ1) is 16.6. The van der Waals surface area contributed by atoms with Crippen LogP contribution in [0.5, 0.6) is 0 Å². The molecule has 0 saturated carbocycles. The van der Waals surface area contributed by atoms with E-state index in [2.05, 4.69) is 15.4 Å². The minimum absolute atomic E-state index is 0.0787. The van der Waals surface area contributed by atoms with Crippen LogP contribution in [0.25, 0.3) is 0 Å². The fourth-order valence-corrected chi connectivity index (χ4v) is 2.31. The van der Waals surface area contributed by atoms with Crippen LogP contribution in [0.15, 0.2) is 0 Å². The highest BCUT2D eigenvalue weighted by molar-refractivity contribution is 7.90. The topological polar surface area (TPSA) is 101 Å². The van der Waals surface area contributed by atoms with E-state index in [0.29, 0.717) is 24.0 Å². The van der Waals surface area contributed by atoms with Gasteiger partial charge < -0.3 is 10.3 Å². The van der Waals surface area contributed by atoms with Crippen molar-refractivity contribution in [2.24, 2.45) is 5.84 Å². The Hall–Kier alpha value is -1.41. The molecule has 0 aliphatic heterocycles. The Morgan fingerprint density at radius 1 is 1.35 bits per heavy atom. The first-order chi connectivity index (χ1) is 9.15. The second-order valence-corrected chi connectivity index (χ2v) is 7.49. The van der Waals surface area contributed by atoms with Crippen molar-refractivity contribution in [1.82, 2.24) is 9.97 Å². The Balaban J connectivity index is 3.12. The number of rotatable bonds is 6. The van der Waals surface area contributed by atoms with E-state index >= 15 is 0 Å². The molecule has 114 valence electrons. The second kappa shape index (κ2) is 6.36. The lowest BCUT2D eigenvalue weighted by molar-refractivity contribution is 0.601. The molecule has 0 aliphatic carbocycles. The summed E-state index contributed by atoms with van der Waals surface area (Å²) >= 11 is 0. The number of aromatic nitrogens is 2. The number of sulfone groups is 1. The predicted molar refractivity (Wildman–Crippen MR) is 81.6 cm³/mol. The molecule has 1 aromatic heterocycles. The quantitative estimate of drug-likeness (QED) is 0.588. The van der Waals surface area contributed by atoms with Gasteiger partial charge in [-0.1, -0.05) is 13.8 Å². The third-order valence-electron chi connectivity index (χ3n) is 2.95. The molecule has 0 bridgehead atoms. The number of nitrogen functional groups attached to an aromatic ring is 1. The summed E-state index contributed by atoms with van der Waals surface area (Å²) in [6.07, 6.45) is 1.22. The molecule has 7 nitrogen and oxygen atoms in total. The SMILES string of the molecule is Cc1c(NN)nc(C(C)C)nc1N(C)CCS(C)(=O)=O. The summed E-state index contributed by atoms with van der Waals surface area (Å²) in [4.78, 5) is 10.7. The van der Waals surface area contributed by atoms with Gasteiger partial charge in [0, 0.05) is 31.3 Å². The lowest BCUT2D eigenvalue weighted by atomic mass is 10.2. The standard InChI is InChI=1S/C12H23N5O2S/c1-8(2)10-14-11(16-13)9(3)12(15-10)17(4)6-7-20(5,18)19/h8H,6-7,13H2,1-5H3,(H,14,15,16). The Morgan fingerprint density at radius 2 is 1.95 bits per heavy atom. The van der Waals surface area contributed by atoms with Gasteiger partial charge in [0.15, 0.2) is 0 Å². The monoisotopic (exact) mass is 301 g/mol. The molecule has 3 N–H and O–H groups in total. The van der Waals surface area contributed by atoms with Gasteiger partial charge in [-0.3, -0.25) is 0 Å². The molecular formula is C12H23N5O2S. The normalized spacial score (nSPS) is 11.8. The molecule has 0 amide bonds. The first-order valence-corrected chi connectivity index (χ1v) is 8.45. The molecule has 0 saturated heterocycles. The van der Waals surface area contributed by atoms with Crippen molar-refractivity contribution in [3.8, 4) is 0 Å². The highest BCUT2D eigenvalue weighted by atomic mass is 32.2. The highest BCUT2D eigenvalue weighted by Crippen LogP contribution is 2.24. The molecule has 0 radical (unpaired) electrons. The van der Waals surface area contributed by atoms with Gasteiger partial charge in [-0.05, 0) is 6.92 Å². The summed E-state index contributed by atoms with van der Waals surface area (Å²) in [6.45, 7) is 6.21. The van der Waals surface area contributed by atoms with Gasteiger partial charge in [-0.15, -0.1) is 0 Å². The molecule has 0 atom stereocenters. The molecule has 1 heterocycles. The number of hydrogen-bond donors (Lipinski definition) is 2. The number of nitrogens with one attached hydrogen (secondary N) is 1. The summed E-state index contributed by atoms with van der Waals surface area (Å²) in [7, 11) is -1.20. The zero-order valence-corrected chi connectivity index (χ0v) is 13.5. The molecule has 1 rings (SSSR count). The van der Waals surface area contributed by atoms with Crippen LogP contribution < -0.4 is 16.2 Å². The zero-order chi connectivity index (χ0) is 15.5. The molecule has 0 aliphatic rings. The van der Waals surface area contributed by atoms with E-state index in [1.54, 1.807) is 0 Å². The third kappa shape index (κ3) is 4.31. The maximum Gasteiger partial charge on any atom is 0.149 e. The van der Waals surface area contributed by atoms with Crippen LogP contribution in [0.1, 0.15) is 31.2 Å². The van der Waals surface area contributed by atoms with E-state index in [4.69, 9.17) is 5.84 Å². The van der Waals surface area contributed by atoms with Crippen LogP contribution in [0.2, 0.25) is 0 Å². The van der Waals surface area contributed by atoms with Crippen molar-refractivity contribution in [1.29, 1.82) is 0 Å². The predicted octanol–water partition coefficient (Wildman–Crippen LogP) is 0.675. The van der Waals surface area contributed by atoms with E-state index in [-0.39, 0.29) is 11.7 Å². The van der Waals surface area contributed by atoms with Gasteiger partial charge >= 0.3 is 0 Å². The van der Waals surface area contributed by atoms with E-state index < -0.39 is 9.84 Å². The number of anilines is 2. The first-order valence-electron chi connectivity index (χ1n) is 6.39. The van der Waals surface area contributed by atoms with Crippen LogP contribution in [-0.2, 0) is 9.84 Å². The minimum atomic E-state index is -3.01. The molecule has 20 heavy (non-hydrogen) atoms. The number of hydrogen-bond acceptors (Lipinski definition) is 7. The molecule has 8 heteroatoms. The van der Waals surface area contributed by atoms with E-state index in [9.17, 15) is 8.42 Å². The Bertz CT molecular complexity index is 571. The molecule has 1 aromatic rings. The van der Waals surface area contributed by atoms with Crippen LogP contribution in [0.4, 0.5) is 11.6 Å². The smallest absolute Gasteiger partial charge is 0.149 e. The van der Waals surface area contributed by atoms with E-state index in [1.165, 1.54) is 6.26 Å². The second-order valence-electron chi connectivity index (χ2n) is 5.23. The van der Waals surface area contributed by atoms with Crippen LogP contribution in [-0.4, -0.2) is 44.0 Å². The molecule has 0 spiro atoms. The maximum atomic E-state index is 11.3. The molecular weight excluding hydrogens is 278 g/mol. The fraction of sp³-hybridized carbons (Fsp3) is 0.667. The van der Waals surface area contributed by atoms with E-state index in [1.807, 2.05) is 32.7 Å². The lowest BCUT2D eigenvalue weighted by Gasteiger charge is -2.22. The van der Waals surface area contributed by atoms with Crippen LogP contribution >= 0.6 is 0 Å². The maximum absolute atomic E-state index is 11.3. The summed E-state index contributed by atoms with van der Waals surface area (Å²) in [5.41, 5.74) is 3.36. The van der Waals surface area contributed by atoms with Crippen molar-refractivity contribution in [2.45, 2.75) is 26.7 Å². The average molecular weight is 301 g/mol. The Labute approximate surface area is 120 Å². The average Bonchev–Trinajstić information content (AvgIpc) is 2.35. The molecule has 0 fully saturated rings. The van der Waals surface area contributed by atoms with Crippen molar-refractivity contribution >= 4 is 21.5 Å². The Morgan fingerprint density at radius 3 is 2.40 bits per heavy atom. The van der Waals surface area contributed by atoms with Gasteiger partial charge in [-0.2, -0.15) is 0 Å². The summed E-state index contributed by atoms with van der Waals surface area (Å²) in [5, 5.41) is 0. The van der Waals surface area contributed by atoms with Gasteiger partial charge in [0.1, 0.15) is 27.3 Å². The van der Waals surface area contributed by atoms with E-state index in [0.717, 1.165) is 5.56 Å². The van der Waals surface area contributed by atoms with Crippen LogP contribution in [0, 0.1) is 6.92 Å². The number of nitrogens with zero attached hydrogens (tertiary/aromatic N) is 3. The van der Waals surface area contributed by atoms with Gasteiger partial charge in [0.05, 0.1) is 5.75 Å². The Kier molecular flexibility index (Phi) is 5.29. The minimum Gasteiger partial charge on any atom is -0.358 e. The molecule has 0 unspecified atom stereocenters. The van der Waals surface area contributed by atoms with Gasteiger partial charge in [0.25, 0.3) is 0 Å². The summed E-state index contributed by atoms with van der Waals surface area (Å²) in [6, 6.07) is 0. The van der Waals surface area contributed by atoms with Crippen LogP contribution in [0.3, 0.4) is 0 Å². The summed E-state index contributed by atoms with van der Waals surface area (Å²) < 4.78 is 22.5. The zero-order valence-electron chi connectivity index (χ0n) is 12.6. The highest BCUT2D eigenvalue weighted by Gasteiger charge is 2.16. The largest absolute Gasteiger partial charge is 0.358 e. The van der Waals surface area contributed by atoms with Crippen molar-refractivity contribution in [3.63, 3.8) is 0 Å². The van der Waals surface area contributed by atoms with Crippen molar-refractivity contribution in [2.75, 3.05) is 35.9 Å². The van der Waals surface area contributed by atoms with Crippen molar-refractivity contribution < 1.29 is 8.42 Å². The van der Waals surface area contributed by atoms with Gasteiger partial charge in [-0.25, -0.2) is 24.2 Å². The lowest BCUT2D eigenvalue weighted by Crippen LogP contribution is -2.27. The van der Waals surface area contributed by atoms with Gasteiger partial charge in [0.2, 0.25) is 0 Å². The number of nitrogens with two attached hydrogens (primary N) is 1.